The average molecular weight is 495 g/mol. The molecule has 15 nitrogen and oxygen atoms in total. The van der Waals surface area contributed by atoms with Gasteiger partial charge in [-0.15, -0.1) is 0 Å². The molecule has 0 unspecified atom stereocenters. The molecule has 0 aliphatic rings. The molecule has 0 bridgehead atoms. The fourth-order valence-electron chi connectivity index (χ4n) is 3.42. The van der Waals surface area contributed by atoms with Crippen molar-refractivity contribution >= 4 is 29.1 Å². The number of carbonyl (C=O) groups is 2. The number of hydrogen-bond donors (Lipinski definition) is 2. The first-order valence-corrected chi connectivity index (χ1v) is 10.6. The number of anilines is 2. The number of carbonyl (C=O) groups excluding carboxylic acids is 2. The van der Waals surface area contributed by atoms with E-state index in [1.807, 2.05) is 13.8 Å². The van der Waals surface area contributed by atoms with Gasteiger partial charge in [0.15, 0.2) is 12.3 Å². The van der Waals surface area contributed by atoms with Gasteiger partial charge in [-0.25, -0.2) is 4.79 Å². The summed E-state index contributed by atoms with van der Waals surface area (Å²) in [4.78, 5) is 63.7. The number of aryl methyl sites for hydroxylation is 1. The van der Waals surface area contributed by atoms with Crippen LogP contribution in [-0.4, -0.2) is 63.0 Å². The van der Waals surface area contributed by atoms with E-state index in [0.29, 0.717) is 0 Å². The lowest BCUT2D eigenvalue weighted by molar-refractivity contribution is -0.386. The Kier molecular flexibility index (Phi) is 8.88. The Bertz CT molecular complexity index is 1230. The number of amides is 1. The number of esters is 1. The van der Waals surface area contributed by atoms with Crippen molar-refractivity contribution in [3.05, 3.63) is 42.3 Å². The zero-order valence-corrected chi connectivity index (χ0v) is 20.2. The molecule has 2 rings (SSSR count). The second kappa shape index (κ2) is 11.4. The van der Waals surface area contributed by atoms with Crippen LogP contribution in [0, 0.1) is 29.9 Å². The van der Waals surface area contributed by atoms with Crippen LogP contribution in [0.2, 0.25) is 0 Å². The van der Waals surface area contributed by atoms with Gasteiger partial charge in [-0.3, -0.25) is 43.6 Å². The first-order valence-electron chi connectivity index (χ1n) is 10.6. The lowest BCUT2D eigenvalue weighted by Crippen LogP contribution is -2.44. The van der Waals surface area contributed by atoms with Gasteiger partial charge in [0.1, 0.15) is 23.8 Å². The fourth-order valence-corrected chi connectivity index (χ4v) is 3.42. The quantitative estimate of drug-likeness (QED) is 0.237. The molecule has 3 N–H and O–H groups in total. The van der Waals surface area contributed by atoms with Crippen LogP contribution < -0.4 is 21.9 Å². The van der Waals surface area contributed by atoms with Crippen LogP contribution in [0.5, 0.6) is 0 Å². The third-order valence-electron chi connectivity index (χ3n) is 5.01. The maximum atomic E-state index is 12.9. The third-order valence-corrected chi connectivity index (χ3v) is 5.01. The summed E-state index contributed by atoms with van der Waals surface area (Å²) in [6, 6.07) is 0. The van der Waals surface area contributed by atoms with Gasteiger partial charge in [0.25, 0.3) is 11.5 Å². The van der Waals surface area contributed by atoms with Crippen molar-refractivity contribution in [1.82, 2.24) is 19.3 Å². The molecule has 15 heteroatoms. The van der Waals surface area contributed by atoms with Crippen molar-refractivity contribution in [2.24, 2.45) is 5.92 Å². The molecule has 0 aliphatic heterocycles. The minimum Gasteiger partial charge on any atom is -0.454 e. The summed E-state index contributed by atoms with van der Waals surface area (Å²) in [5, 5.41) is 15.1. The van der Waals surface area contributed by atoms with Gasteiger partial charge in [0.05, 0.1) is 11.5 Å². The van der Waals surface area contributed by atoms with Gasteiger partial charge >= 0.3 is 17.3 Å². The molecule has 0 atom stereocenters. The van der Waals surface area contributed by atoms with Crippen molar-refractivity contribution in [1.29, 1.82) is 0 Å². The standard InChI is InChI=1S/C20H29N7O8/c1-11(2)8-25-18(21)17(19(30)22-20(25)31)24(6-7-34-5)14(28)10-35-15(29)9-26-13(4)16(27(32)33)12(3)23-26/h11H,6-10,21H2,1-5H3,(H,22,30,31). The molecule has 1 amide bonds. The number of H-pyrrole nitrogens is 1. The lowest BCUT2D eigenvalue weighted by Gasteiger charge is -2.24. The monoisotopic (exact) mass is 495 g/mol. The molecule has 0 saturated heterocycles. The topological polar surface area (TPSA) is 198 Å². The highest BCUT2D eigenvalue weighted by molar-refractivity contribution is 5.97. The molecule has 2 heterocycles. The Hall–Kier alpha value is -4.01. The largest absolute Gasteiger partial charge is 0.454 e. The molecule has 0 aliphatic carbocycles. The van der Waals surface area contributed by atoms with Crippen LogP contribution in [0.1, 0.15) is 25.2 Å². The number of aromatic amines is 1. The zero-order chi connectivity index (χ0) is 26.4. The number of nitrogen functional groups attached to an aromatic ring is 1. The molecular weight excluding hydrogens is 466 g/mol. The summed E-state index contributed by atoms with van der Waals surface area (Å²) in [6.45, 7) is 5.46. The maximum Gasteiger partial charge on any atom is 0.330 e. The summed E-state index contributed by atoms with van der Waals surface area (Å²) >= 11 is 0. The van der Waals surface area contributed by atoms with Gasteiger partial charge in [0.2, 0.25) is 0 Å². The summed E-state index contributed by atoms with van der Waals surface area (Å²) in [6.07, 6.45) is 0. The van der Waals surface area contributed by atoms with E-state index in [2.05, 4.69) is 10.1 Å². The SMILES string of the molecule is COCCN(C(=O)COC(=O)Cn1nc(C)c([N+](=O)[O-])c1C)c1c(N)n(CC(C)C)c(=O)[nH]c1=O. The lowest BCUT2D eigenvalue weighted by atomic mass is 10.2. The van der Waals surface area contributed by atoms with Gasteiger partial charge in [-0.2, -0.15) is 5.10 Å². The van der Waals surface area contributed by atoms with Crippen LogP contribution in [0.25, 0.3) is 0 Å². The Labute approximate surface area is 199 Å². The van der Waals surface area contributed by atoms with E-state index < -0.39 is 41.2 Å². The molecular formula is C20H29N7O8. The summed E-state index contributed by atoms with van der Waals surface area (Å²) < 4.78 is 12.3. The summed E-state index contributed by atoms with van der Waals surface area (Å²) in [5.41, 5.74) is 4.31. The Morgan fingerprint density at radius 2 is 1.94 bits per heavy atom. The number of hydrogen-bond acceptors (Lipinski definition) is 10. The number of nitrogens with zero attached hydrogens (tertiary/aromatic N) is 5. The van der Waals surface area contributed by atoms with Crippen molar-refractivity contribution in [2.45, 2.75) is 40.8 Å². The van der Waals surface area contributed by atoms with Gasteiger partial charge in [0, 0.05) is 20.2 Å². The van der Waals surface area contributed by atoms with Crippen molar-refractivity contribution < 1.29 is 24.0 Å². The highest BCUT2D eigenvalue weighted by Crippen LogP contribution is 2.22. The van der Waals surface area contributed by atoms with E-state index in [4.69, 9.17) is 15.2 Å². The predicted octanol–water partition coefficient (Wildman–Crippen LogP) is -0.281. The molecule has 192 valence electrons. The maximum absolute atomic E-state index is 12.9. The number of aromatic nitrogens is 4. The van der Waals surface area contributed by atoms with E-state index in [-0.39, 0.29) is 54.2 Å². The molecule has 0 spiro atoms. The van der Waals surface area contributed by atoms with Crippen molar-refractivity contribution in [3.63, 3.8) is 0 Å². The molecule has 35 heavy (non-hydrogen) atoms. The zero-order valence-electron chi connectivity index (χ0n) is 20.2. The molecule has 0 aromatic carbocycles. The minimum absolute atomic E-state index is 0.0167. The van der Waals surface area contributed by atoms with Crippen LogP contribution in [-0.2, 0) is 32.2 Å². The number of nitrogens with two attached hydrogens (primary N) is 1. The smallest absolute Gasteiger partial charge is 0.330 e. The number of nitrogens with one attached hydrogen (secondary N) is 1. The predicted molar refractivity (Wildman–Crippen MR) is 124 cm³/mol. The van der Waals surface area contributed by atoms with E-state index in [9.17, 15) is 29.3 Å². The first-order chi connectivity index (χ1) is 16.4. The van der Waals surface area contributed by atoms with E-state index in [0.717, 1.165) is 14.1 Å². The third kappa shape index (κ3) is 6.32. The number of ether oxygens (including phenoxy) is 2. The van der Waals surface area contributed by atoms with Gasteiger partial charge in [-0.1, -0.05) is 13.8 Å². The summed E-state index contributed by atoms with van der Waals surface area (Å²) in [7, 11) is 1.39. The first kappa shape index (κ1) is 27.2. The van der Waals surface area contributed by atoms with E-state index >= 15 is 0 Å². The Balaban J connectivity index is 2.25. The Morgan fingerprint density at radius 1 is 1.29 bits per heavy atom. The number of methoxy groups -OCH3 is 1. The van der Waals surface area contributed by atoms with Crippen LogP contribution >= 0.6 is 0 Å². The molecule has 0 saturated carbocycles. The van der Waals surface area contributed by atoms with Gasteiger partial charge < -0.3 is 15.2 Å². The normalized spacial score (nSPS) is 11.0. The molecule has 0 fully saturated rings. The number of nitro groups is 1. The van der Waals surface area contributed by atoms with Crippen LogP contribution in [0.4, 0.5) is 17.2 Å². The van der Waals surface area contributed by atoms with E-state index in [1.54, 1.807) is 0 Å². The minimum atomic E-state index is -0.878. The molecule has 2 aromatic rings. The second-order valence-electron chi connectivity index (χ2n) is 8.13. The van der Waals surface area contributed by atoms with Crippen molar-refractivity contribution in [2.75, 3.05) is 37.5 Å². The van der Waals surface area contributed by atoms with Crippen LogP contribution in [0.3, 0.4) is 0 Å². The average Bonchev–Trinajstić information content (AvgIpc) is 3.04. The highest BCUT2D eigenvalue weighted by atomic mass is 16.6. The Morgan fingerprint density at radius 3 is 2.49 bits per heavy atom. The highest BCUT2D eigenvalue weighted by Gasteiger charge is 2.26. The molecule has 2 aromatic heterocycles. The fraction of sp³-hybridized carbons (Fsp3) is 0.550. The van der Waals surface area contributed by atoms with Crippen LogP contribution in [0.15, 0.2) is 9.59 Å². The van der Waals surface area contributed by atoms with Crippen molar-refractivity contribution in [3.8, 4) is 0 Å². The summed E-state index contributed by atoms with van der Waals surface area (Å²) in [5.74, 6) is -1.86. The van der Waals surface area contributed by atoms with Gasteiger partial charge in [-0.05, 0) is 19.8 Å². The number of rotatable bonds is 11. The van der Waals surface area contributed by atoms with E-state index in [1.165, 1.54) is 21.0 Å². The second-order valence-corrected chi connectivity index (χ2v) is 8.13. The molecule has 0 radical (unpaired) electrons.